The van der Waals surface area contributed by atoms with Crippen LogP contribution in [0.4, 0.5) is 25.6 Å². The van der Waals surface area contributed by atoms with E-state index in [9.17, 15) is 18.8 Å². The van der Waals surface area contributed by atoms with Crippen LogP contribution >= 0.6 is 11.3 Å². The van der Waals surface area contributed by atoms with Crippen molar-refractivity contribution in [2.75, 3.05) is 19.0 Å². The average Bonchev–Trinajstić information content (AvgIpc) is 3.28. The molecule has 9 heteroatoms. The molecule has 34 heavy (non-hydrogen) atoms. The summed E-state index contributed by atoms with van der Waals surface area (Å²) in [6.07, 6.45) is 1.53. The Balaban J connectivity index is 1.62. The molecule has 2 aromatic carbocycles. The number of para-hydroxylation sites is 1. The number of halogens is 1. The highest BCUT2D eigenvalue weighted by atomic mass is 32.1. The number of thiophene rings is 1. The Bertz CT molecular complexity index is 1390. The van der Waals surface area contributed by atoms with Gasteiger partial charge >= 0.3 is 6.03 Å². The minimum Gasteiger partial charge on any atom is -0.302 e. The predicted molar refractivity (Wildman–Crippen MR) is 135 cm³/mol. The molecule has 5 rings (SSSR count). The number of amides is 4. The molecule has 2 aliphatic rings. The van der Waals surface area contributed by atoms with Gasteiger partial charge in [0.1, 0.15) is 24.5 Å². The van der Waals surface area contributed by atoms with Crippen LogP contribution < -0.4 is 15.3 Å². The second kappa shape index (κ2) is 7.75. The molecule has 0 radical (unpaired) electrons. The lowest BCUT2D eigenvalue weighted by atomic mass is 10.1. The van der Waals surface area contributed by atoms with Gasteiger partial charge in [-0.2, -0.15) is 0 Å². The zero-order valence-corrected chi connectivity index (χ0v) is 20.9. The number of benzene rings is 2. The lowest BCUT2D eigenvalue weighted by Gasteiger charge is -2.40. The number of hydrogen-bond acceptors (Lipinski definition) is 5. The molecule has 3 aromatic rings. The quantitative estimate of drug-likeness (QED) is 0.310. The van der Waals surface area contributed by atoms with Gasteiger partial charge in [-0.1, -0.05) is 31.3 Å². The van der Waals surface area contributed by atoms with Gasteiger partial charge in [0.25, 0.3) is 11.8 Å². The number of rotatable bonds is 2. The van der Waals surface area contributed by atoms with Crippen LogP contribution in [0, 0.1) is 5.82 Å². The van der Waals surface area contributed by atoms with Crippen molar-refractivity contribution < 1.29 is 18.8 Å². The molecule has 172 valence electrons. The van der Waals surface area contributed by atoms with Gasteiger partial charge in [0.15, 0.2) is 0 Å². The van der Waals surface area contributed by atoms with Crippen LogP contribution in [0.25, 0.3) is 6.08 Å². The van der Waals surface area contributed by atoms with Gasteiger partial charge in [-0.15, -0.1) is 11.3 Å². The maximum absolute atomic E-state index is 14.3. The Hall–Kier alpha value is -3.56. The Morgan fingerprint density at radius 2 is 1.50 bits per heavy atom. The minimum absolute atomic E-state index is 0.0620. The molecular formula is C25H22FN3O3SSi. The van der Waals surface area contributed by atoms with Crippen molar-refractivity contribution in [1.82, 2.24) is 9.80 Å². The Morgan fingerprint density at radius 1 is 0.853 bits per heavy atom. The number of fused-ring (bicyclic) bond motifs is 2. The number of likely N-dealkylation sites (N-methyl/N-ethyl adjacent to an activating group) is 2. The normalized spacial score (nSPS) is 17.1. The van der Waals surface area contributed by atoms with Crippen molar-refractivity contribution in [2.45, 2.75) is 13.1 Å². The predicted octanol–water partition coefficient (Wildman–Crippen LogP) is 3.93. The summed E-state index contributed by atoms with van der Waals surface area (Å²) >= 11 is 1.42. The molecule has 0 aliphatic carbocycles. The van der Waals surface area contributed by atoms with E-state index in [-0.39, 0.29) is 11.4 Å². The van der Waals surface area contributed by atoms with Crippen molar-refractivity contribution in [3.8, 4) is 0 Å². The van der Waals surface area contributed by atoms with Crippen molar-refractivity contribution in [3.05, 3.63) is 70.9 Å². The highest BCUT2D eigenvalue weighted by molar-refractivity contribution is 7.17. The average molecular weight is 492 g/mol. The number of anilines is 3. The summed E-state index contributed by atoms with van der Waals surface area (Å²) in [4.78, 5) is 41.9. The molecule has 2 aliphatic heterocycles. The molecule has 0 spiro atoms. The van der Waals surface area contributed by atoms with Crippen molar-refractivity contribution in [3.63, 3.8) is 0 Å². The molecule has 6 nitrogen and oxygen atoms in total. The number of hydrogen-bond donors (Lipinski definition) is 0. The third-order valence-corrected chi connectivity index (χ3v) is 11.0. The molecular weight excluding hydrogens is 469 g/mol. The lowest BCUT2D eigenvalue weighted by molar-refractivity contribution is -0.134. The van der Waals surface area contributed by atoms with Crippen LogP contribution in [0.3, 0.4) is 0 Å². The summed E-state index contributed by atoms with van der Waals surface area (Å²) in [5.41, 5.74) is 1.93. The third-order valence-electron chi connectivity index (χ3n) is 6.45. The number of barbiturate groups is 1. The van der Waals surface area contributed by atoms with Crippen LogP contribution in [0.5, 0.6) is 0 Å². The van der Waals surface area contributed by atoms with E-state index in [4.69, 9.17) is 0 Å². The molecule has 0 saturated carbocycles. The Kier molecular flexibility index (Phi) is 5.07. The summed E-state index contributed by atoms with van der Waals surface area (Å²) in [6, 6.07) is 16.2. The van der Waals surface area contributed by atoms with E-state index < -0.39 is 25.9 Å². The number of imide groups is 2. The van der Waals surface area contributed by atoms with Crippen molar-refractivity contribution >= 4 is 70.1 Å². The first-order valence-electron chi connectivity index (χ1n) is 10.7. The highest BCUT2D eigenvalue weighted by Gasteiger charge is 2.40. The van der Waals surface area contributed by atoms with Gasteiger partial charge in [0, 0.05) is 30.3 Å². The smallest absolute Gasteiger partial charge is 0.302 e. The number of carbonyl (C=O) groups is 3. The van der Waals surface area contributed by atoms with Crippen LogP contribution in [0.2, 0.25) is 13.1 Å². The van der Waals surface area contributed by atoms with Gasteiger partial charge < -0.3 is 4.90 Å². The molecule has 1 saturated heterocycles. The third kappa shape index (κ3) is 3.23. The molecule has 0 bridgehead atoms. The second-order valence-corrected chi connectivity index (χ2v) is 14.3. The summed E-state index contributed by atoms with van der Waals surface area (Å²) in [5, 5.41) is 3.10. The molecule has 4 amide bonds. The van der Waals surface area contributed by atoms with Gasteiger partial charge in [-0.05, 0) is 52.8 Å². The van der Waals surface area contributed by atoms with Gasteiger partial charge in [-0.25, -0.2) is 9.18 Å². The molecule has 0 unspecified atom stereocenters. The maximum atomic E-state index is 14.3. The summed E-state index contributed by atoms with van der Waals surface area (Å²) in [6.45, 7) is 4.45. The number of nitrogens with zero attached hydrogens (tertiary/aromatic N) is 3. The zero-order valence-electron chi connectivity index (χ0n) is 19.1. The van der Waals surface area contributed by atoms with Crippen LogP contribution in [0.1, 0.15) is 4.88 Å². The summed E-state index contributed by atoms with van der Waals surface area (Å²) < 4.78 is 14.3. The van der Waals surface area contributed by atoms with E-state index in [1.54, 1.807) is 6.07 Å². The van der Waals surface area contributed by atoms with Crippen LogP contribution in [-0.2, 0) is 9.59 Å². The Morgan fingerprint density at radius 3 is 2.21 bits per heavy atom. The lowest BCUT2D eigenvalue weighted by Crippen LogP contribution is -2.58. The minimum atomic E-state index is -2.13. The summed E-state index contributed by atoms with van der Waals surface area (Å²) in [5.74, 6) is -1.51. The Labute approximate surface area is 201 Å². The SMILES string of the molecule is CN1C(=O)C(=Cc2ccc(N3c4ccccc4[Si](C)(C)c4cc(F)ccc43)s2)C(=O)N(C)C1=O. The second-order valence-electron chi connectivity index (χ2n) is 8.88. The standard InChI is InChI=1S/C25H22FN3O3SSi/c1-27-23(30)17(24(31)28(2)25(27)32)14-16-10-12-22(33-16)29-18-7-5-6-8-20(18)34(3,4)21-13-15(26)9-11-19(21)29/h5-14H,1-4H3. The van der Waals surface area contributed by atoms with Gasteiger partial charge in [0.2, 0.25) is 0 Å². The molecule has 3 heterocycles. The van der Waals surface area contributed by atoms with Crippen molar-refractivity contribution in [1.29, 1.82) is 0 Å². The van der Waals surface area contributed by atoms with Crippen LogP contribution in [-0.4, -0.2) is 49.8 Å². The fraction of sp³-hybridized carbons (Fsp3) is 0.160. The van der Waals surface area contributed by atoms with Gasteiger partial charge in [0.05, 0.1) is 0 Å². The maximum Gasteiger partial charge on any atom is 0.333 e. The number of urea groups is 1. The number of carbonyl (C=O) groups excluding carboxylic acids is 3. The van der Waals surface area contributed by atoms with E-state index >= 15 is 0 Å². The van der Waals surface area contributed by atoms with E-state index in [1.807, 2.05) is 30.3 Å². The van der Waals surface area contributed by atoms with E-state index in [1.165, 1.54) is 42.8 Å². The zero-order chi connectivity index (χ0) is 24.4. The molecule has 0 N–H and O–H groups in total. The van der Waals surface area contributed by atoms with E-state index in [0.717, 1.165) is 31.4 Å². The van der Waals surface area contributed by atoms with Crippen LogP contribution in [0.15, 0.2) is 60.2 Å². The first-order valence-corrected chi connectivity index (χ1v) is 14.5. The first kappa shape index (κ1) is 22.2. The van der Waals surface area contributed by atoms with E-state index in [2.05, 4.69) is 30.1 Å². The fourth-order valence-electron chi connectivity index (χ4n) is 4.57. The first-order chi connectivity index (χ1) is 16.1. The fourth-order valence-corrected chi connectivity index (χ4v) is 8.52. The molecule has 1 fully saturated rings. The molecule has 0 atom stereocenters. The summed E-state index contributed by atoms with van der Waals surface area (Å²) in [7, 11) is 0.582. The van der Waals surface area contributed by atoms with E-state index in [0.29, 0.717) is 4.88 Å². The van der Waals surface area contributed by atoms with Crippen molar-refractivity contribution in [2.24, 2.45) is 0 Å². The molecule has 1 aromatic heterocycles. The largest absolute Gasteiger partial charge is 0.333 e. The van der Waals surface area contributed by atoms with Gasteiger partial charge in [-0.3, -0.25) is 19.4 Å². The topological polar surface area (TPSA) is 60.9 Å². The highest BCUT2D eigenvalue weighted by Crippen LogP contribution is 2.42. The monoisotopic (exact) mass is 491 g/mol.